The Morgan fingerprint density at radius 1 is 1.00 bits per heavy atom. The minimum absolute atomic E-state index is 0.352. The Morgan fingerprint density at radius 2 is 1.74 bits per heavy atom. The fourth-order valence-electron chi connectivity index (χ4n) is 3.25. The average Bonchev–Trinajstić information content (AvgIpc) is 3.14. The molecule has 156 valence electrons. The van der Waals surface area contributed by atoms with Crippen molar-refractivity contribution >= 4 is 12.2 Å². The highest BCUT2D eigenvalue weighted by Crippen LogP contribution is 2.25. The van der Waals surface area contributed by atoms with Gasteiger partial charge in [0.05, 0.1) is 25.2 Å². The van der Waals surface area contributed by atoms with Gasteiger partial charge in [0, 0.05) is 5.56 Å². The van der Waals surface area contributed by atoms with Crippen molar-refractivity contribution in [3.63, 3.8) is 0 Å². The highest BCUT2D eigenvalue weighted by molar-refractivity contribution is 5.80. The summed E-state index contributed by atoms with van der Waals surface area (Å²) in [7, 11) is 1.65. The van der Waals surface area contributed by atoms with Gasteiger partial charge in [-0.3, -0.25) is 0 Å². The third-order valence-electron chi connectivity index (χ3n) is 4.83. The maximum atomic E-state index is 6.01. The van der Waals surface area contributed by atoms with Crippen molar-refractivity contribution in [2.45, 2.75) is 13.5 Å². The summed E-state index contributed by atoms with van der Waals surface area (Å²) in [6, 6.07) is 24.1. The van der Waals surface area contributed by atoms with Gasteiger partial charge >= 0.3 is 0 Å². The van der Waals surface area contributed by atoms with Crippen LogP contribution in [-0.4, -0.2) is 23.0 Å². The van der Waals surface area contributed by atoms with Crippen LogP contribution >= 0.6 is 0 Å². The molecule has 0 unspecified atom stereocenters. The highest BCUT2D eigenvalue weighted by atomic mass is 16.5. The summed E-state index contributed by atoms with van der Waals surface area (Å²) in [5.41, 5.74) is 10.8. The molecule has 4 aromatic rings. The van der Waals surface area contributed by atoms with E-state index in [0.717, 1.165) is 33.9 Å². The van der Waals surface area contributed by atoms with Crippen molar-refractivity contribution in [1.29, 1.82) is 0 Å². The molecule has 0 saturated heterocycles. The third-order valence-corrected chi connectivity index (χ3v) is 4.83. The first-order valence-electron chi connectivity index (χ1n) is 9.93. The second kappa shape index (κ2) is 9.17. The van der Waals surface area contributed by atoms with E-state index in [-0.39, 0.29) is 0 Å². The van der Waals surface area contributed by atoms with Crippen molar-refractivity contribution in [3.05, 3.63) is 95.8 Å². The van der Waals surface area contributed by atoms with Gasteiger partial charge in [0.1, 0.15) is 18.1 Å². The van der Waals surface area contributed by atoms with Crippen molar-refractivity contribution in [2.75, 3.05) is 12.8 Å². The molecule has 0 aliphatic rings. The number of ether oxygens (including phenoxy) is 2. The minimum Gasteiger partial charge on any atom is -0.496 e. The summed E-state index contributed by atoms with van der Waals surface area (Å²) in [4.78, 5) is 4.14. The molecule has 0 amide bonds. The molecular formula is C25H24N4O2. The van der Waals surface area contributed by atoms with Gasteiger partial charge in [-0.15, -0.1) is 0 Å². The molecule has 0 bridgehead atoms. The summed E-state index contributed by atoms with van der Waals surface area (Å²) in [6.07, 6.45) is 3.51. The summed E-state index contributed by atoms with van der Waals surface area (Å²) in [5, 5.41) is 4.37. The topological polar surface area (TPSA) is 74.7 Å². The largest absolute Gasteiger partial charge is 0.496 e. The zero-order valence-corrected chi connectivity index (χ0v) is 17.5. The van der Waals surface area contributed by atoms with E-state index in [1.807, 2.05) is 55.5 Å². The summed E-state index contributed by atoms with van der Waals surface area (Å²) in [6.45, 7) is 2.25. The number of hydrogen-bond donors (Lipinski definition) is 1. The molecule has 0 radical (unpaired) electrons. The van der Waals surface area contributed by atoms with E-state index in [0.29, 0.717) is 12.6 Å². The average molecular weight is 412 g/mol. The van der Waals surface area contributed by atoms with Gasteiger partial charge in [-0.25, -0.2) is 9.66 Å². The first-order valence-corrected chi connectivity index (χ1v) is 9.93. The number of nitrogens with zero attached hydrogens (tertiary/aromatic N) is 3. The predicted octanol–water partition coefficient (Wildman–Crippen LogP) is 4.91. The Kier molecular flexibility index (Phi) is 5.98. The molecule has 0 aliphatic carbocycles. The lowest BCUT2D eigenvalue weighted by Gasteiger charge is -2.12. The zero-order chi connectivity index (χ0) is 21.6. The van der Waals surface area contributed by atoms with Crippen LogP contribution in [0, 0.1) is 6.92 Å². The van der Waals surface area contributed by atoms with Crippen molar-refractivity contribution in [2.24, 2.45) is 5.10 Å². The van der Waals surface area contributed by atoms with Crippen LogP contribution < -0.4 is 15.2 Å². The van der Waals surface area contributed by atoms with E-state index in [1.165, 1.54) is 5.56 Å². The smallest absolute Gasteiger partial charge is 0.221 e. The van der Waals surface area contributed by atoms with E-state index in [2.05, 4.69) is 34.4 Å². The van der Waals surface area contributed by atoms with Crippen LogP contribution in [0.15, 0.2) is 84.1 Å². The van der Waals surface area contributed by atoms with E-state index in [4.69, 9.17) is 15.2 Å². The Labute approximate surface area is 181 Å². The number of aryl methyl sites for hydroxylation is 1. The lowest BCUT2D eigenvalue weighted by molar-refractivity contribution is 0.296. The van der Waals surface area contributed by atoms with Gasteiger partial charge in [-0.05, 0) is 53.9 Å². The van der Waals surface area contributed by atoms with Crippen LogP contribution in [0.1, 0.15) is 16.8 Å². The van der Waals surface area contributed by atoms with Crippen molar-refractivity contribution < 1.29 is 9.47 Å². The van der Waals surface area contributed by atoms with Gasteiger partial charge in [0.15, 0.2) is 0 Å². The number of nitrogen functional groups attached to an aromatic ring is 1. The van der Waals surface area contributed by atoms with Gasteiger partial charge < -0.3 is 15.2 Å². The molecule has 6 nitrogen and oxygen atoms in total. The standard InChI is InChI=1S/C25H24N4O2/c1-18-16-29(25(26)28-18)27-15-19-8-13-24(30-2)22(14-19)17-31-23-11-9-21(10-12-23)20-6-4-3-5-7-20/h3-16H,17H2,1-2H3,(H2,26,28). The normalized spacial score (nSPS) is 11.0. The van der Waals surface area contributed by atoms with Crippen LogP contribution in [0.3, 0.4) is 0 Å². The molecule has 1 heterocycles. The molecule has 3 aromatic carbocycles. The zero-order valence-electron chi connectivity index (χ0n) is 17.5. The number of rotatable bonds is 7. The van der Waals surface area contributed by atoms with E-state index >= 15 is 0 Å². The Balaban J connectivity index is 1.47. The Bertz CT molecular complexity index is 1180. The Hall–Kier alpha value is -4.06. The van der Waals surface area contributed by atoms with Gasteiger partial charge in [0.2, 0.25) is 5.95 Å². The molecule has 0 saturated carbocycles. The summed E-state index contributed by atoms with van der Waals surface area (Å²) >= 11 is 0. The molecule has 0 aliphatic heterocycles. The SMILES string of the molecule is COc1ccc(C=Nn2cc(C)nc2N)cc1COc1ccc(-c2ccccc2)cc1. The fraction of sp³-hybridized carbons (Fsp3) is 0.120. The molecule has 0 atom stereocenters. The molecule has 31 heavy (non-hydrogen) atoms. The second-order valence-corrected chi connectivity index (χ2v) is 7.08. The number of hydrogen-bond acceptors (Lipinski definition) is 5. The predicted molar refractivity (Wildman–Crippen MR) is 124 cm³/mol. The fourth-order valence-corrected chi connectivity index (χ4v) is 3.25. The van der Waals surface area contributed by atoms with Crippen LogP contribution in [0.2, 0.25) is 0 Å². The number of imidazole rings is 1. The molecular weight excluding hydrogens is 388 g/mol. The van der Waals surface area contributed by atoms with E-state index in [9.17, 15) is 0 Å². The van der Waals surface area contributed by atoms with Gasteiger partial charge in [-0.2, -0.15) is 5.10 Å². The lowest BCUT2D eigenvalue weighted by atomic mass is 10.1. The maximum Gasteiger partial charge on any atom is 0.221 e. The first kappa shape index (κ1) is 20.2. The molecule has 0 fully saturated rings. The van der Waals surface area contributed by atoms with Crippen LogP contribution in [0.25, 0.3) is 11.1 Å². The number of anilines is 1. The lowest BCUT2D eigenvalue weighted by Crippen LogP contribution is -2.01. The number of methoxy groups -OCH3 is 1. The highest BCUT2D eigenvalue weighted by Gasteiger charge is 2.06. The molecule has 4 rings (SSSR count). The molecule has 6 heteroatoms. The summed E-state index contributed by atoms with van der Waals surface area (Å²) < 4.78 is 13.0. The van der Waals surface area contributed by atoms with E-state index < -0.39 is 0 Å². The number of aromatic nitrogens is 2. The monoisotopic (exact) mass is 412 g/mol. The molecule has 2 N–H and O–H groups in total. The number of benzene rings is 3. The minimum atomic E-state index is 0.352. The van der Waals surface area contributed by atoms with Gasteiger partial charge in [0.25, 0.3) is 0 Å². The van der Waals surface area contributed by atoms with Crippen LogP contribution in [0.4, 0.5) is 5.95 Å². The van der Waals surface area contributed by atoms with Crippen LogP contribution in [0.5, 0.6) is 11.5 Å². The Morgan fingerprint density at radius 3 is 2.42 bits per heavy atom. The first-order chi connectivity index (χ1) is 15.1. The van der Waals surface area contributed by atoms with Crippen LogP contribution in [-0.2, 0) is 6.61 Å². The summed E-state index contributed by atoms with van der Waals surface area (Å²) in [5.74, 6) is 1.91. The maximum absolute atomic E-state index is 6.01. The van der Waals surface area contributed by atoms with Crippen molar-refractivity contribution in [3.8, 4) is 22.6 Å². The van der Waals surface area contributed by atoms with Gasteiger partial charge in [-0.1, -0.05) is 42.5 Å². The van der Waals surface area contributed by atoms with Crippen molar-refractivity contribution in [1.82, 2.24) is 9.66 Å². The second-order valence-electron chi connectivity index (χ2n) is 7.08. The molecule has 1 aromatic heterocycles. The van der Waals surface area contributed by atoms with E-state index in [1.54, 1.807) is 24.2 Å². The third kappa shape index (κ3) is 4.93. The quantitative estimate of drug-likeness (QED) is 0.438. The number of nitrogens with two attached hydrogens (primary N) is 1. The molecule has 0 spiro atoms.